The molecule has 2 aliphatic carbocycles. The second-order valence-corrected chi connectivity index (χ2v) is 9.60. The number of nitrogens with one attached hydrogen (secondary N) is 1. The first-order valence-electron chi connectivity index (χ1n) is 8.93. The number of thioether (sulfide) groups is 1. The summed E-state index contributed by atoms with van der Waals surface area (Å²) in [5, 5.41) is 12.9. The predicted molar refractivity (Wildman–Crippen MR) is 104 cm³/mol. The number of nitro groups is 1. The van der Waals surface area contributed by atoms with E-state index in [4.69, 9.17) is 0 Å². The molecular weight excluding hydrogens is 368 g/mol. The van der Waals surface area contributed by atoms with E-state index in [1.54, 1.807) is 12.1 Å². The molecule has 5 rings (SSSR count). The van der Waals surface area contributed by atoms with Gasteiger partial charge in [-0.2, -0.15) is 0 Å². The first-order valence-corrected chi connectivity index (χ1v) is 10.6. The van der Waals surface area contributed by atoms with E-state index in [1.807, 2.05) is 23.9 Å². The van der Waals surface area contributed by atoms with Crippen LogP contribution < -0.4 is 4.87 Å². The van der Waals surface area contributed by atoms with Gasteiger partial charge in [-0.3, -0.25) is 14.9 Å². The average Bonchev–Trinajstić information content (AvgIpc) is 3.32. The standard InChI is InChI=1S/C19H18N2O3S2/c22-19-20-18-17(26-19)13(15-11-5-6-12(9-11)16(15)25-18)8-7-10-3-1-2-4-14(10)21(23)24/h1-4,7-8,11-13,15-16H,5-6,9H2,(H,20,22)/b8-7+/t11-,12+,13-,15-,16+/m1/s1. The van der Waals surface area contributed by atoms with Crippen LogP contribution in [0.25, 0.3) is 6.08 Å². The zero-order valence-electron chi connectivity index (χ0n) is 14.0. The molecule has 26 heavy (non-hydrogen) atoms. The lowest BCUT2D eigenvalue weighted by Crippen LogP contribution is -2.32. The zero-order valence-corrected chi connectivity index (χ0v) is 15.6. The Kier molecular flexibility index (Phi) is 3.83. The Hall–Kier alpha value is -1.86. The number of rotatable bonds is 3. The second-order valence-electron chi connectivity index (χ2n) is 7.40. The van der Waals surface area contributed by atoms with Gasteiger partial charge >= 0.3 is 4.87 Å². The highest BCUT2D eigenvalue weighted by atomic mass is 32.2. The molecule has 2 saturated carbocycles. The first kappa shape index (κ1) is 16.3. The van der Waals surface area contributed by atoms with Gasteiger partial charge in [-0.1, -0.05) is 35.6 Å². The summed E-state index contributed by atoms with van der Waals surface area (Å²) in [6.07, 6.45) is 7.86. The summed E-state index contributed by atoms with van der Waals surface area (Å²) in [6, 6.07) is 6.83. The van der Waals surface area contributed by atoms with Crippen molar-refractivity contribution in [2.75, 3.05) is 0 Å². The van der Waals surface area contributed by atoms with Crippen LogP contribution in [-0.4, -0.2) is 15.2 Å². The molecule has 2 heterocycles. The number of allylic oxidation sites excluding steroid dienone is 1. The Bertz CT molecular complexity index is 964. The molecule has 7 heteroatoms. The van der Waals surface area contributed by atoms with Crippen LogP contribution in [0, 0.1) is 27.9 Å². The van der Waals surface area contributed by atoms with Gasteiger partial charge in [0.2, 0.25) is 0 Å². The number of hydrogen-bond donors (Lipinski definition) is 1. The minimum absolute atomic E-state index is 0.00101. The fourth-order valence-electron chi connectivity index (χ4n) is 5.12. The summed E-state index contributed by atoms with van der Waals surface area (Å²) >= 11 is 3.16. The number of aromatic nitrogens is 1. The van der Waals surface area contributed by atoms with Crippen LogP contribution in [0.5, 0.6) is 0 Å². The van der Waals surface area contributed by atoms with Crippen molar-refractivity contribution in [1.82, 2.24) is 4.98 Å². The zero-order chi connectivity index (χ0) is 17.8. The quantitative estimate of drug-likeness (QED) is 0.615. The predicted octanol–water partition coefficient (Wildman–Crippen LogP) is 4.66. The van der Waals surface area contributed by atoms with E-state index in [1.165, 1.54) is 36.7 Å². The number of H-pyrrole nitrogens is 1. The lowest BCUT2D eigenvalue weighted by molar-refractivity contribution is -0.385. The summed E-state index contributed by atoms with van der Waals surface area (Å²) in [6.45, 7) is 0. The van der Waals surface area contributed by atoms with Crippen LogP contribution in [0.1, 0.15) is 35.6 Å². The highest BCUT2D eigenvalue weighted by molar-refractivity contribution is 8.00. The number of fused-ring (bicyclic) bond motifs is 6. The summed E-state index contributed by atoms with van der Waals surface area (Å²) < 4.78 is 0. The lowest BCUT2D eigenvalue weighted by Gasteiger charge is -2.38. The Labute approximate surface area is 158 Å². The lowest BCUT2D eigenvalue weighted by atomic mass is 9.77. The van der Waals surface area contributed by atoms with Crippen molar-refractivity contribution in [3.8, 4) is 0 Å². The van der Waals surface area contributed by atoms with E-state index in [0.717, 1.165) is 15.8 Å². The Morgan fingerprint density at radius 1 is 1.23 bits per heavy atom. The molecule has 0 unspecified atom stereocenters. The Morgan fingerprint density at radius 2 is 2.04 bits per heavy atom. The molecule has 2 aromatic rings. The summed E-state index contributed by atoms with van der Waals surface area (Å²) in [7, 11) is 0. The van der Waals surface area contributed by atoms with Gasteiger partial charge in [-0.05, 0) is 43.1 Å². The minimum atomic E-state index is -0.336. The summed E-state index contributed by atoms with van der Waals surface area (Å²) in [5.41, 5.74) is 0.751. The van der Waals surface area contributed by atoms with Crippen molar-refractivity contribution < 1.29 is 4.92 Å². The molecule has 0 amide bonds. The van der Waals surface area contributed by atoms with Crippen molar-refractivity contribution in [2.24, 2.45) is 17.8 Å². The number of hydrogen-bond acceptors (Lipinski definition) is 5. The third kappa shape index (κ3) is 2.48. The molecule has 1 aliphatic heterocycles. The van der Waals surface area contributed by atoms with Crippen molar-refractivity contribution in [2.45, 2.75) is 35.5 Å². The van der Waals surface area contributed by atoms with Crippen LogP contribution in [0.3, 0.4) is 0 Å². The van der Waals surface area contributed by atoms with E-state index in [2.05, 4.69) is 11.1 Å². The third-order valence-corrected chi connectivity index (χ3v) is 8.77. The van der Waals surface area contributed by atoms with Gasteiger partial charge in [0, 0.05) is 22.1 Å². The van der Waals surface area contributed by atoms with Crippen molar-refractivity contribution in [1.29, 1.82) is 0 Å². The van der Waals surface area contributed by atoms with Crippen molar-refractivity contribution in [3.63, 3.8) is 0 Å². The number of aromatic amines is 1. The maximum atomic E-state index is 12.0. The molecule has 2 fully saturated rings. The number of nitro benzene ring substituents is 1. The number of thiazole rings is 1. The van der Waals surface area contributed by atoms with Crippen LogP contribution >= 0.6 is 23.1 Å². The number of para-hydroxylation sites is 1. The fraction of sp³-hybridized carbons (Fsp3) is 0.421. The Balaban J connectivity index is 1.56. The van der Waals surface area contributed by atoms with Crippen LogP contribution in [0.15, 0.2) is 40.2 Å². The maximum absolute atomic E-state index is 12.0. The molecule has 3 aliphatic rings. The van der Waals surface area contributed by atoms with Gasteiger partial charge in [0.1, 0.15) is 0 Å². The van der Waals surface area contributed by atoms with E-state index < -0.39 is 0 Å². The monoisotopic (exact) mass is 386 g/mol. The van der Waals surface area contributed by atoms with E-state index >= 15 is 0 Å². The van der Waals surface area contributed by atoms with Crippen molar-refractivity contribution in [3.05, 3.63) is 60.6 Å². The van der Waals surface area contributed by atoms with Gasteiger partial charge in [-0.25, -0.2) is 0 Å². The topological polar surface area (TPSA) is 76.0 Å². The van der Waals surface area contributed by atoms with E-state index in [0.29, 0.717) is 22.6 Å². The second kappa shape index (κ2) is 6.09. The fourth-order valence-corrected chi connectivity index (χ4v) is 7.98. The molecule has 0 radical (unpaired) electrons. The van der Waals surface area contributed by atoms with Crippen molar-refractivity contribution >= 4 is 34.9 Å². The average molecular weight is 386 g/mol. The number of nitrogens with zero attached hydrogens (tertiary/aromatic N) is 1. The van der Waals surface area contributed by atoms with Gasteiger partial charge < -0.3 is 4.98 Å². The molecule has 134 valence electrons. The SMILES string of the molecule is O=c1[nH]c2c(s1)[C@H](/C=C/c1ccccc1[N+](=O)[O-])[C@H]1[C@@H]3CC[C@@H](C3)[C@@H]1S2. The molecular formula is C19H18N2O3S2. The molecule has 1 aromatic heterocycles. The number of benzene rings is 1. The Morgan fingerprint density at radius 3 is 2.88 bits per heavy atom. The summed E-state index contributed by atoms with van der Waals surface area (Å²) in [5.74, 6) is 2.17. The highest BCUT2D eigenvalue weighted by Crippen LogP contribution is 2.62. The smallest absolute Gasteiger partial charge is 0.305 e. The molecule has 5 atom stereocenters. The van der Waals surface area contributed by atoms with Gasteiger partial charge in [0.15, 0.2) is 0 Å². The molecule has 1 aromatic carbocycles. The largest absolute Gasteiger partial charge is 0.307 e. The van der Waals surface area contributed by atoms with Crippen LogP contribution in [0.2, 0.25) is 0 Å². The van der Waals surface area contributed by atoms with E-state index in [-0.39, 0.29) is 21.4 Å². The highest BCUT2D eigenvalue weighted by Gasteiger charge is 2.53. The van der Waals surface area contributed by atoms with Gasteiger partial charge in [-0.15, -0.1) is 11.8 Å². The van der Waals surface area contributed by atoms with Gasteiger partial charge in [0.05, 0.1) is 15.5 Å². The molecule has 0 saturated heterocycles. The van der Waals surface area contributed by atoms with Gasteiger partial charge in [0.25, 0.3) is 5.69 Å². The molecule has 0 spiro atoms. The van der Waals surface area contributed by atoms with E-state index in [9.17, 15) is 14.9 Å². The summed E-state index contributed by atoms with van der Waals surface area (Å²) in [4.78, 5) is 27.0. The normalized spacial score (nSPS) is 31.9. The minimum Gasteiger partial charge on any atom is -0.307 e. The van der Waals surface area contributed by atoms with Crippen LogP contribution in [-0.2, 0) is 0 Å². The van der Waals surface area contributed by atoms with Crippen LogP contribution in [0.4, 0.5) is 5.69 Å². The molecule has 2 bridgehead atoms. The molecule has 1 N–H and O–H groups in total. The first-order chi connectivity index (χ1) is 12.6. The molecule has 5 nitrogen and oxygen atoms in total. The maximum Gasteiger partial charge on any atom is 0.305 e. The third-order valence-electron chi connectivity index (χ3n) is 6.13.